The lowest BCUT2D eigenvalue weighted by molar-refractivity contribution is 0.584. The number of sulfonamides is 1. The van der Waals surface area contributed by atoms with Crippen LogP contribution in [0, 0.1) is 0 Å². The number of rotatable bonds is 7. The Morgan fingerprint density at radius 1 is 0.688 bits per heavy atom. The van der Waals surface area contributed by atoms with Gasteiger partial charge in [-0.15, -0.1) is 0 Å². The van der Waals surface area contributed by atoms with E-state index in [2.05, 4.69) is 55.0 Å². The van der Waals surface area contributed by atoms with Crippen molar-refractivity contribution < 1.29 is 8.42 Å². The maximum atomic E-state index is 12.3. The highest BCUT2D eigenvalue weighted by atomic mass is 79.9. The fourth-order valence-corrected chi connectivity index (χ4v) is 4.20. The number of hydrogen-bond acceptors (Lipinski definition) is 4. The smallest absolute Gasteiger partial charge is 0.276 e. The third kappa shape index (κ3) is 5.25. The van der Waals surface area contributed by atoms with Gasteiger partial charge < -0.3 is 4.90 Å². The van der Waals surface area contributed by atoms with Crippen molar-refractivity contribution in [3.63, 3.8) is 0 Å². The Labute approximate surface area is 196 Å². The number of hydrazone groups is 1. The first-order chi connectivity index (χ1) is 15.5. The molecule has 0 aromatic heterocycles. The summed E-state index contributed by atoms with van der Waals surface area (Å²) in [6.07, 6.45) is 1.48. The largest absolute Gasteiger partial charge is 0.311 e. The summed E-state index contributed by atoms with van der Waals surface area (Å²) in [7, 11) is -3.72. The lowest BCUT2D eigenvalue weighted by atomic mass is 10.1. The lowest BCUT2D eigenvalue weighted by Crippen LogP contribution is -2.18. The maximum absolute atomic E-state index is 12.3. The molecule has 0 fully saturated rings. The molecule has 0 aliphatic heterocycles. The predicted octanol–water partition coefficient (Wildman–Crippen LogP) is 6.23. The maximum Gasteiger partial charge on any atom is 0.276 e. The van der Waals surface area contributed by atoms with Crippen LogP contribution >= 0.6 is 15.9 Å². The molecule has 0 saturated carbocycles. The first-order valence-electron chi connectivity index (χ1n) is 9.84. The summed E-state index contributed by atoms with van der Waals surface area (Å²) < 4.78 is 25.5. The van der Waals surface area contributed by atoms with Gasteiger partial charge in [0.2, 0.25) is 0 Å². The van der Waals surface area contributed by atoms with Gasteiger partial charge in [-0.25, -0.2) is 4.83 Å². The van der Waals surface area contributed by atoms with E-state index in [-0.39, 0.29) is 4.90 Å². The van der Waals surface area contributed by atoms with Gasteiger partial charge in [0, 0.05) is 21.5 Å². The molecular weight excluding hydrogens is 486 g/mol. The summed E-state index contributed by atoms with van der Waals surface area (Å²) in [6, 6.07) is 34.3. The fourth-order valence-electron chi connectivity index (χ4n) is 3.15. The number of halogens is 1. The second-order valence-electron chi connectivity index (χ2n) is 6.90. The molecule has 0 unspecified atom stereocenters. The average Bonchev–Trinajstić information content (AvgIpc) is 2.82. The summed E-state index contributed by atoms with van der Waals surface area (Å²) in [5, 5.41) is 3.91. The third-order valence-electron chi connectivity index (χ3n) is 4.69. The van der Waals surface area contributed by atoms with E-state index in [1.165, 1.54) is 18.3 Å². The zero-order valence-corrected chi connectivity index (χ0v) is 19.4. The Hall–Kier alpha value is -3.42. The van der Waals surface area contributed by atoms with E-state index in [4.69, 9.17) is 0 Å². The van der Waals surface area contributed by atoms with Gasteiger partial charge in [-0.3, -0.25) is 0 Å². The second kappa shape index (κ2) is 9.80. The molecule has 4 rings (SSSR count). The molecule has 32 heavy (non-hydrogen) atoms. The third-order valence-corrected chi connectivity index (χ3v) is 6.46. The standard InChI is InChI=1S/C25H20BrN3O2S/c26-21-13-17-25(18-14-21)32(30,31)28-27-19-20-11-15-24(16-12-20)29(22-7-3-1-4-8-22)23-9-5-2-6-10-23/h1-19,28H/b27-19+. The molecule has 4 aromatic carbocycles. The van der Waals surface area contributed by atoms with Crippen LogP contribution in [-0.4, -0.2) is 14.6 Å². The Morgan fingerprint density at radius 2 is 1.19 bits per heavy atom. The van der Waals surface area contributed by atoms with Crippen molar-refractivity contribution in [3.8, 4) is 0 Å². The molecule has 4 aromatic rings. The molecular formula is C25H20BrN3O2S. The van der Waals surface area contributed by atoms with E-state index >= 15 is 0 Å². The molecule has 1 N–H and O–H groups in total. The molecule has 0 aliphatic rings. The van der Waals surface area contributed by atoms with Crippen LogP contribution in [0.2, 0.25) is 0 Å². The van der Waals surface area contributed by atoms with Crippen molar-refractivity contribution in [1.29, 1.82) is 0 Å². The van der Waals surface area contributed by atoms with Crippen LogP contribution in [0.15, 0.2) is 124 Å². The number of anilines is 3. The van der Waals surface area contributed by atoms with Crippen molar-refractivity contribution in [2.24, 2.45) is 5.10 Å². The Kier molecular flexibility index (Phi) is 6.68. The van der Waals surface area contributed by atoms with Gasteiger partial charge in [-0.1, -0.05) is 64.5 Å². The predicted molar refractivity (Wildman–Crippen MR) is 133 cm³/mol. The van der Waals surface area contributed by atoms with Gasteiger partial charge in [0.1, 0.15) is 0 Å². The molecule has 160 valence electrons. The summed E-state index contributed by atoms with van der Waals surface area (Å²) in [5.74, 6) is 0. The van der Waals surface area contributed by atoms with Crippen LogP contribution in [-0.2, 0) is 10.0 Å². The van der Waals surface area contributed by atoms with E-state index in [1.807, 2.05) is 60.7 Å². The van der Waals surface area contributed by atoms with Crippen LogP contribution < -0.4 is 9.73 Å². The van der Waals surface area contributed by atoms with Crippen LogP contribution in [0.3, 0.4) is 0 Å². The summed E-state index contributed by atoms with van der Waals surface area (Å²) in [5.41, 5.74) is 3.84. The molecule has 0 heterocycles. The highest BCUT2D eigenvalue weighted by Gasteiger charge is 2.13. The first kappa shape index (κ1) is 21.8. The SMILES string of the molecule is O=S(=O)(N/N=C/c1ccc(N(c2ccccc2)c2ccccc2)cc1)c1ccc(Br)cc1. The molecule has 0 atom stereocenters. The van der Waals surface area contributed by atoms with E-state index in [1.54, 1.807) is 12.1 Å². The van der Waals surface area contributed by atoms with Gasteiger partial charge in [-0.05, 0) is 66.2 Å². The zero-order valence-electron chi connectivity index (χ0n) is 17.0. The first-order valence-corrected chi connectivity index (χ1v) is 12.1. The quantitative estimate of drug-likeness (QED) is 0.239. The average molecular weight is 506 g/mol. The van der Waals surface area contributed by atoms with Crippen molar-refractivity contribution in [1.82, 2.24) is 4.83 Å². The minimum Gasteiger partial charge on any atom is -0.311 e. The molecule has 0 amide bonds. The van der Waals surface area contributed by atoms with Crippen LogP contribution in [0.4, 0.5) is 17.1 Å². The lowest BCUT2D eigenvalue weighted by Gasteiger charge is -2.25. The van der Waals surface area contributed by atoms with Crippen LogP contribution in [0.25, 0.3) is 0 Å². The van der Waals surface area contributed by atoms with E-state index in [0.29, 0.717) is 0 Å². The van der Waals surface area contributed by atoms with Gasteiger partial charge in [0.15, 0.2) is 0 Å². The molecule has 0 bridgehead atoms. The Balaban J connectivity index is 1.53. The fraction of sp³-hybridized carbons (Fsp3) is 0. The topological polar surface area (TPSA) is 61.8 Å². The number of nitrogens with zero attached hydrogens (tertiary/aromatic N) is 2. The summed E-state index contributed by atoms with van der Waals surface area (Å²) in [4.78, 5) is 4.55. The number of benzene rings is 4. The molecule has 0 spiro atoms. The van der Waals surface area contributed by atoms with Crippen LogP contribution in [0.1, 0.15) is 5.56 Å². The molecule has 0 saturated heterocycles. The molecule has 7 heteroatoms. The normalized spacial score (nSPS) is 11.4. The minimum atomic E-state index is -3.72. The van der Waals surface area contributed by atoms with Gasteiger partial charge in [0.25, 0.3) is 10.0 Å². The van der Waals surface area contributed by atoms with Gasteiger partial charge in [0.05, 0.1) is 11.1 Å². The van der Waals surface area contributed by atoms with Crippen LogP contribution in [0.5, 0.6) is 0 Å². The van der Waals surface area contributed by atoms with Crippen molar-refractivity contribution in [2.45, 2.75) is 4.90 Å². The molecule has 5 nitrogen and oxygen atoms in total. The summed E-state index contributed by atoms with van der Waals surface area (Å²) in [6.45, 7) is 0. The van der Waals surface area contributed by atoms with E-state index < -0.39 is 10.0 Å². The number of nitrogens with one attached hydrogen (secondary N) is 1. The Bertz CT molecular complexity index is 1250. The van der Waals surface area contributed by atoms with Gasteiger partial charge >= 0.3 is 0 Å². The van der Waals surface area contributed by atoms with Crippen molar-refractivity contribution >= 4 is 49.2 Å². The van der Waals surface area contributed by atoms with Gasteiger partial charge in [-0.2, -0.15) is 13.5 Å². The number of para-hydroxylation sites is 2. The van der Waals surface area contributed by atoms with Crippen molar-refractivity contribution in [2.75, 3.05) is 4.90 Å². The number of hydrogen-bond donors (Lipinski definition) is 1. The van der Waals surface area contributed by atoms with E-state index in [9.17, 15) is 8.42 Å². The summed E-state index contributed by atoms with van der Waals surface area (Å²) >= 11 is 3.29. The second-order valence-corrected chi connectivity index (χ2v) is 9.48. The van der Waals surface area contributed by atoms with E-state index in [0.717, 1.165) is 27.1 Å². The molecule has 0 aliphatic carbocycles. The minimum absolute atomic E-state index is 0.148. The highest BCUT2D eigenvalue weighted by molar-refractivity contribution is 9.10. The zero-order chi connectivity index (χ0) is 22.4. The molecule has 0 radical (unpaired) electrons. The van der Waals surface area contributed by atoms with Crippen molar-refractivity contribution in [3.05, 3.63) is 119 Å². The highest BCUT2D eigenvalue weighted by Crippen LogP contribution is 2.33. The monoisotopic (exact) mass is 505 g/mol. The Morgan fingerprint density at radius 3 is 1.72 bits per heavy atom.